The first-order chi connectivity index (χ1) is 24.5. The van der Waals surface area contributed by atoms with Gasteiger partial charge in [0.2, 0.25) is 0 Å². The van der Waals surface area contributed by atoms with Gasteiger partial charge in [-0.15, -0.1) is 0 Å². The van der Waals surface area contributed by atoms with E-state index in [4.69, 9.17) is 0 Å². The van der Waals surface area contributed by atoms with Gasteiger partial charge in [-0.2, -0.15) is 0 Å². The van der Waals surface area contributed by atoms with E-state index in [9.17, 15) is 25.9 Å². The maximum Gasteiger partial charge on any atom is 1.00 e. The fourth-order valence-corrected chi connectivity index (χ4v) is 13.1. The molecule has 0 aliphatic carbocycles. The Bertz CT molecular complexity index is 2010. The van der Waals surface area contributed by atoms with Gasteiger partial charge in [-0.3, -0.25) is 0 Å². The first-order valence-corrected chi connectivity index (χ1v) is 22.2. The number of hydrogen-bond donors (Lipinski definition) is 0. The van der Waals surface area contributed by atoms with Gasteiger partial charge in [-0.25, -0.2) is 16.8 Å². The van der Waals surface area contributed by atoms with E-state index < -0.39 is 41.5 Å². The average molecular weight is 797 g/mol. The average Bonchev–Trinajstić information content (AvgIpc) is 3.14. The van der Waals surface area contributed by atoms with E-state index in [2.05, 4.69) is 97.1 Å². The first-order valence-electron chi connectivity index (χ1n) is 16.3. The zero-order valence-electron chi connectivity index (χ0n) is 29.7. The summed E-state index contributed by atoms with van der Waals surface area (Å²) in [7, 11) is -11.1. The third-order valence-electron chi connectivity index (χ3n) is 8.84. The second kappa shape index (κ2) is 19.7. The van der Waals surface area contributed by atoms with Crippen molar-refractivity contribution >= 4 is 57.3 Å². The molecule has 0 aliphatic rings. The summed E-state index contributed by atoms with van der Waals surface area (Å²) in [5.74, 6) is 0. The molecule has 0 unspecified atom stereocenters. The molecule has 0 aliphatic heterocycles. The molecule has 6 nitrogen and oxygen atoms in total. The van der Waals surface area contributed by atoms with E-state index >= 15 is 0 Å². The van der Waals surface area contributed by atoms with E-state index in [1.165, 1.54) is 45.5 Å². The normalized spacial score (nSPS) is 11.8. The van der Waals surface area contributed by atoms with Gasteiger partial charge < -0.3 is 9.11 Å². The van der Waals surface area contributed by atoms with Crippen LogP contribution in [0.5, 0.6) is 0 Å². The molecule has 0 atom stereocenters. The first kappa shape index (κ1) is 43.7. The second-order valence-corrected chi connectivity index (χ2v) is 19.7. The maximum atomic E-state index is 11.9. The summed E-state index contributed by atoms with van der Waals surface area (Å²) in [6, 6.07) is 54.3. The van der Waals surface area contributed by atoms with E-state index in [0.29, 0.717) is 12.8 Å². The van der Waals surface area contributed by atoms with Gasteiger partial charge in [-0.1, -0.05) is 146 Å². The number of rotatable bonds is 14. The SMILES string of the molecule is O=S(=O)([O-])c1ccc(CC(Cc2ccc(S(=O)(=O)[O-])cc2)(CP(c2ccccc2)c2ccccc2)CP(c2ccccc2)c2ccccc2)cc1.[Na+].[Na+]. The molecule has 6 aromatic rings. The maximum absolute atomic E-state index is 11.9. The molecule has 0 bridgehead atoms. The molecule has 12 heteroatoms. The Labute approximate surface area is 360 Å². The van der Waals surface area contributed by atoms with Crippen LogP contribution in [-0.4, -0.2) is 38.3 Å². The topological polar surface area (TPSA) is 114 Å². The van der Waals surface area contributed by atoms with Crippen molar-refractivity contribution in [3.8, 4) is 0 Å². The minimum absolute atomic E-state index is 0. The van der Waals surface area contributed by atoms with Gasteiger partial charge in [0.1, 0.15) is 20.2 Å². The van der Waals surface area contributed by atoms with Crippen LogP contribution in [0.3, 0.4) is 0 Å². The molecular formula is C41H36Na2O6P2S2. The predicted molar refractivity (Wildman–Crippen MR) is 207 cm³/mol. The summed E-state index contributed by atoms with van der Waals surface area (Å²) in [5.41, 5.74) is 1.28. The number of benzene rings is 6. The molecule has 0 spiro atoms. The molecule has 0 N–H and O–H groups in total. The van der Waals surface area contributed by atoms with Crippen molar-refractivity contribution in [1.82, 2.24) is 0 Å². The van der Waals surface area contributed by atoms with Gasteiger partial charge in [0, 0.05) is 0 Å². The van der Waals surface area contributed by atoms with Crippen LogP contribution in [0.4, 0.5) is 0 Å². The third kappa shape index (κ3) is 12.0. The molecule has 6 rings (SSSR count). The van der Waals surface area contributed by atoms with Crippen molar-refractivity contribution in [3.05, 3.63) is 181 Å². The summed E-state index contributed by atoms with van der Waals surface area (Å²) in [6.07, 6.45) is 2.59. The quantitative estimate of drug-likeness (QED) is 0.0905. The van der Waals surface area contributed by atoms with Crippen molar-refractivity contribution in [2.75, 3.05) is 12.3 Å². The Morgan fingerprint density at radius 2 is 0.642 bits per heavy atom. The largest absolute Gasteiger partial charge is 1.00 e. The molecule has 0 saturated carbocycles. The molecule has 0 fully saturated rings. The number of hydrogen-bond acceptors (Lipinski definition) is 6. The van der Waals surface area contributed by atoms with Crippen molar-refractivity contribution in [3.63, 3.8) is 0 Å². The molecule has 6 aromatic carbocycles. The Hall–Kier alpha value is -2.00. The van der Waals surface area contributed by atoms with Crippen LogP contribution in [-0.2, 0) is 33.1 Å². The molecule has 0 amide bonds. The fourth-order valence-electron chi connectivity index (χ4n) is 6.52. The molecule has 0 saturated heterocycles. The van der Waals surface area contributed by atoms with E-state index in [1.54, 1.807) is 24.3 Å². The summed E-state index contributed by atoms with van der Waals surface area (Å²) >= 11 is 0. The minimum atomic E-state index is -4.63. The second-order valence-electron chi connectivity index (χ2n) is 12.6. The zero-order chi connectivity index (χ0) is 35.9. The fraction of sp³-hybridized carbons (Fsp3) is 0.122. The van der Waals surface area contributed by atoms with Gasteiger partial charge in [0.25, 0.3) is 0 Å². The molecule has 0 aromatic heterocycles. The van der Waals surface area contributed by atoms with E-state index in [-0.39, 0.29) is 68.9 Å². The molecule has 0 radical (unpaired) electrons. The monoisotopic (exact) mass is 796 g/mol. The van der Waals surface area contributed by atoms with E-state index in [0.717, 1.165) is 23.5 Å². The Kier molecular flexibility index (Phi) is 16.3. The molecule has 260 valence electrons. The molecular weight excluding hydrogens is 761 g/mol. The molecule has 53 heavy (non-hydrogen) atoms. The van der Waals surface area contributed by atoms with Crippen LogP contribution in [0.2, 0.25) is 0 Å². The van der Waals surface area contributed by atoms with Crippen molar-refractivity contribution in [1.29, 1.82) is 0 Å². The Morgan fingerprint density at radius 1 is 0.396 bits per heavy atom. The van der Waals surface area contributed by atoms with Crippen LogP contribution < -0.4 is 80.3 Å². The van der Waals surface area contributed by atoms with E-state index in [1.807, 2.05) is 24.3 Å². The molecule has 0 heterocycles. The summed E-state index contributed by atoms with van der Waals surface area (Å²) in [6.45, 7) is 0. The van der Waals surface area contributed by atoms with Crippen molar-refractivity contribution < 1.29 is 85.1 Å². The smallest absolute Gasteiger partial charge is 0.744 e. The Balaban J connectivity index is 0.00000314. The van der Waals surface area contributed by atoms with Gasteiger partial charge >= 0.3 is 59.1 Å². The van der Waals surface area contributed by atoms with Crippen LogP contribution in [0.25, 0.3) is 0 Å². The standard InChI is InChI=1S/C41H38O6P2S2.2Na/c42-50(43,44)39-25-21-33(22-26-39)29-41(30-34-23-27-40(28-24-34)51(45,46)47,31-48(35-13-5-1-6-14-35)36-15-7-2-8-16-36)32-49(37-17-9-3-10-18-37)38-19-11-4-12-20-38;;/h1-28H,29-32H2,(H,42,43,44)(H,45,46,47);;/q;2*+1/p-2. The third-order valence-corrected chi connectivity index (χ3v) is 16.2. The van der Waals surface area contributed by atoms with Crippen LogP contribution in [0.15, 0.2) is 180 Å². The van der Waals surface area contributed by atoms with Gasteiger partial charge in [0.05, 0.1) is 9.79 Å². The summed E-state index contributed by atoms with van der Waals surface area (Å²) in [4.78, 5) is -0.559. The van der Waals surface area contributed by atoms with Crippen molar-refractivity contribution in [2.24, 2.45) is 5.41 Å². The van der Waals surface area contributed by atoms with Gasteiger partial charge in [-0.05, 0) is 103 Å². The minimum Gasteiger partial charge on any atom is -0.744 e. The van der Waals surface area contributed by atoms with Gasteiger partial charge in [0.15, 0.2) is 0 Å². The van der Waals surface area contributed by atoms with Crippen molar-refractivity contribution in [2.45, 2.75) is 22.6 Å². The van der Waals surface area contributed by atoms with Crippen LogP contribution >= 0.6 is 15.8 Å². The van der Waals surface area contributed by atoms with Crippen LogP contribution in [0, 0.1) is 5.41 Å². The zero-order valence-corrected chi connectivity index (χ0v) is 37.1. The van der Waals surface area contributed by atoms with Crippen LogP contribution in [0.1, 0.15) is 11.1 Å². The summed E-state index contributed by atoms with van der Waals surface area (Å²) < 4.78 is 71.2. The summed E-state index contributed by atoms with van der Waals surface area (Å²) in [5, 5.41) is 4.86. The Morgan fingerprint density at radius 3 is 0.868 bits per heavy atom. The predicted octanol–water partition coefficient (Wildman–Crippen LogP) is 0.540.